The number of aliphatic hydroxyl groups excluding tert-OH is 6. The summed E-state index contributed by atoms with van der Waals surface area (Å²) in [5, 5.41) is 78.9. The third-order valence-corrected chi connectivity index (χ3v) is 20.7. The van der Waals surface area contributed by atoms with Gasteiger partial charge in [0.05, 0.1) is 47.2 Å². The third-order valence-electron chi connectivity index (χ3n) is 13.9. The smallest absolute Gasteiger partial charge is 0.396 e. The van der Waals surface area contributed by atoms with Crippen LogP contribution in [0.2, 0.25) is 67.3 Å². The molecule has 0 amide bonds. The van der Waals surface area contributed by atoms with Crippen molar-refractivity contribution in [3.8, 4) is 10.6 Å². The molecule has 9 aromatic rings. The Hall–Kier alpha value is -4.99. The molecule has 119 heavy (non-hydrogen) atoms. The zero-order chi connectivity index (χ0) is 89.4. The summed E-state index contributed by atoms with van der Waals surface area (Å²) in [6.45, 7) is -4.26. The summed E-state index contributed by atoms with van der Waals surface area (Å²) < 4.78 is 182. The summed E-state index contributed by atoms with van der Waals surface area (Å²) in [4.78, 5) is 56.1. The lowest BCUT2D eigenvalue weighted by molar-refractivity contribution is -0.116. The molecule has 2 saturated carbocycles. The molecule has 8 heterocycles. The van der Waals surface area contributed by atoms with E-state index >= 15 is 0 Å². The highest BCUT2D eigenvalue weighted by Crippen LogP contribution is 2.41. The van der Waals surface area contributed by atoms with Gasteiger partial charge in [0.25, 0.3) is 0 Å². The summed E-state index contributed by atoms with van der Waals surface area (Å²) in [5.41, 5.74) is 0.963. The molecule has 0 spiro atoms. The number of hydrogen-bond acceptors (Lipinski definition) is 30. The molecule has 0 aliphatic heterocycles. The summed E-state index contributed by atoms with van der Waals surface area (Å²) in [7, 11) is 0. The fourth-order valence-electron chi connectivity index (χ4n) is 8.96. The Bertz CT molecular complexity index is 4550. The van der Waals surface area contributed by atoms with Crippen LogP contribution in [0.15, 0.2) is 48.5 Å². The predicted octanol–water partition coefficient (Wildman–Crippen LogP) is 17.6. The first-order valence-corrected chi connectivity index (χ1v) is 39.8. The molecule has 1 aromatic carbocycles. The Morgan fingerprint density at radius 3 is 1.05 bits per heavy atom. The summed E-state index contributed by atoms with van der Waals surface area (Å²) in [6, 6.07) is 11.5. The summed E-state index contributed by atoms with van der Waals surface area (Å²) in [6.07, 6.45) is -26.1. The van der Waals surface area contributed by atoms with Crippen LogP contribution in [0.5, 0.6) is 0 Å². The Balaban J connectivity index is 0.000000258. The second kappa shape index (κ2) is 47.9. The van der Waals surface area contributed by atoms with Gasteiger partial charge in [-0.25, -0.2) is 49.8 Å². The van der Waals surface area contributed by atoms with E-state index in [1.165, 1.54) is 29.5 Å². The largest absolute Gasteiger partial charge is 0.405 e. The minimum Gasteiger partial charge on any atom is -0.396 e. The number of fused-ring (bicyclic) bond motifs is 1. The fourth-order valence-corrected chi connectivity index (χ4v) is 13.4. The normalized spacial score (nSPS) is 17.7. The molecule has 14 N–H and O–H groups in total. The summed E-state index contributed by atoms with van der Waals surface area (Å²) >= 11 is 77.5. The lowest BCUT2D eigenvalue weighted by Gasteiger charge is -2.21. The van der Waals surface area contributed by atoms with Crippen LogP contribution in [0, 0.1) is 19.0 Å². The molecule has 29 nitrogen and oxygen atoms in total. The van der Waals surface area contributed by atoms with Gasteiger partial charge < -0.3 is 73.2 Å². The topological polar surface area (TPSA) is 411 Å². The van der Waals surface area contributed by atoms with Crippen LogP contribution in [0.4, 0.5) is 113 Å². The van der Waals surface area contributed by atoms with Crippen LogP contribution in [-0.2, 0) is 0 Å². The number of halogens is 30. The average Bonchev–Trinajstić information content (AvgIpc) is 1.66. The van der Waals surface area contributed by atoms with Gasteiger partial charge >= 0.3 is 30.9 Å². The van der Waals surface area contributed by atoms with Crippen LogP contribution in [0.3, 0.4) is 0 Å². The number of alkyl halides is 15. The number of aromatic nitrogens is 15. The number of nitrogens with zero attached hydrogens (tertiary/aromatic N) is 15. The zero-order valence-electron chi connectivity index (χ0n) is 58.4. The Kier molecular flexibility index (Phi) is 42.1. The monoisotopic (exact) mass is 2200 g/mol. The molecule has 60 heteroatoms. The molecule has 0 saturated heterocycles. The van der Waals surface area contributed by atoms with Gasteiger partial charge in [-0.15, -0.1) is 11.3 Å². The first-order valence-electron chi connectivity index (χ1n) is 32.0. The standard InChI is InChI=1S/C19H19ClF3N5O3S.C12H15ClF3IN4O3.C6H3Cl2F3IN3.2C6H4Cl2F3N3.C6H7Cl2N3.C4HCl3N2/c20-15-12(17-26-9-3-1-2-4-11(9)32-17)16(28-18(27-15)24-7-19(21,22)23)25-10-5-8(6-29)13(30)14(10)31;13-9-6(17)10(21-11(20-9)18-3-12(14,15)16)19-5-1-4(2-22)7(23)8(5)24;7-3-2(12)4(8)15-5(14-3)13-1-6(9,10)11;2*7-3-1-4(8)14-5(13-3)12-2-6(9,10)11;1-2-9-5-3-4(7)10-6(8)11-5;5-2-1-3(6)9-4(7)8-2/h1-4,8,10,13-14,29-31H,5-7H2,(H2,24,25,27,28);4-5,7-8,22-24H,1-3H2,(H2,18,19,20,21);1H2,(H,13,14,15);2*1H,2H2,(H,12,13,14);3H,2H2,1H3,(H,9,10,11);1H/t8-,10-,13-,14+;4-,5-,7-,8+;;;;;/m11...../s1. The lowest BCUT2D eigenvalue weighted by Crippen LogP contribution is -2.36. The number of rotatable bonds is 19. The quantitative estimate of drug-likeness (QED) is 0.0155. The zero-order valence-corrected chi connectivity index (χ0v) is 73.4. The number of thiazole rings is 1. The third kappa shape index (κ3) is 38.2. The van der Waals surface area contributed by atoms with Crippen molar-refractivity contribution in [1.82, 2.24) is 74.8 Å². The minimum atomic E-state index is -4.49. The molecule has 8 atom stereocenters. The van der Waals surface area contributed by atoms with Crippen LogP contribution in [0.25, 0.3) is 20.8 Å². The molecule has 11 rings (SSSR count). The van der Waals surface area contributed by atoms with Crippen molar-refractivity contribution < 1.29 is 96.5 Å². The van der Waals surface area contributed by atoms with E-state index < -0.39 is 112 Å². The molecule has 0 unspecified atom stereocenters. The molecule has 0 bridgehead atoms. The van der Waals surface area contributed by atoms with Crippen LogP contribution < -0.4 is 42.5 Å². The Morgan fingerprint density at radius 2 is 0.706 bits per heavy atom. The van der Waals surface area contributed by atoms with E-state index in [-0.39, 0.29) is 135 Å². The number of para-hydroxylation sites is 1. The Labute approximate surface area is 756 Å². The van der Waals surface area contributed by atoms with Gasteiger partial charge in [0.15, 0.2) is 0 Å². The van der Waals surface area contributed by atoms with E-state index in [0.29, 0.717) is 28.6 Å². The SMILES string of the molecule is CCNc1cc(Cl)nc(Cl)n1.Clc1cc(Cl)nc(Cl)n1.FC(F)(F)CNc1nc(Cl)c(I)c(Cl)n1.FC(F)(F)CNc1nc(Cl)cc(Cl)n1.FC(F)(F)CNc1nc(Cl)cc(Cl)n1.OC[C@H]1C[C@@H](Nc2nc(NCC(F)(F)F)nc(Cl)c2-c2nc3ccccc3s2)[C@H](O)[C@@H]1O.OC[C@H]1C[C@@H](Nc2nc(NCC(F)(F)F)nc(Cl)c2I)[C@H](O)[C@@H]1O. The predicted molar refractivity (Wildman–Crippen MR) is 440 cm³/mol. The Morgan fingerprint density at radius 1 is 0.387 bits per heavy atom. The number of nitrogens with one attached hydrogen (secondary N) is 8. The van der Waals surface area contributed by atoms with Crippen LogP contribution >= 0.6 is 207 Å². The van der Waals surface area contributed by atoms with Gasteiger partial charge in [-0.3, -0.25) is 0 Å². The lowest BCUT2D eigenvalue weighted by atomic mass is 10.1. The first kappa shape index (κ1) is 105. The molecular weight excluding hydrogens is 2160 g/mol. The van der Waals surface area contributed by atoms with Crippen molar-refractivity contribution in [3.05, 3.63) is 123 Å². The van der Waals surface area contributed by atoms with E-state index in [4.69, 9.17) is 156 Å². The average molecular weight is 2210 g/mol. The van der Waals surface area contributed by atoms with Crippen molar-refractivity contribution >= 4 is 265 Å². The maximum absolute atomic E-state index is 12.6. The van der Waals surface area contributed by atoms with Gasteiger partial charge in [-0.05, 0) is 100 Å². The number of benzene rings is 1. The van der Waals surface area contributed by atoms with Gasteiger partial charge in [-0.2, -0.15) is 90.8 Å². The highest BCUT2D eigenvalue weighted by atomic mass is 127. The van der Waals surface area contributed by atoms with E-state index in [1.54, 1.807) is 34.7 Å². The first-order chi connectivity index (χ1) is 55.2. The van der Waals surface area contributed by atoms with Gasteiger partial charge in [0.1, 0.15) is 124 Å². The van der Waals surface area contributed by atoms with E-state index in [0.717, 1.165) is 11.2 Å². The van der Waals surface area contributed by atoms with Crippen molar-refractivity contribution in [2.24, 2.45) is 11.8 Å². The second-order valence-electron chi connectivity index (χ2n) is 23.0. The van der Waals surface area contributed by atoms with Gasteiger partial charge in [0, 0.05) is 55.9 Å². The fraction of sp³-hybridized carbons (Fsp3) is 0.407. The van der Waals surface area contributed by atoms with E-state index in [9.17, 15) is 91.4 Å². The minimum absolute atomic E-state index is 0.0141. The second-order valence-corrected chi connectivity index (χ2v) is 31.0. The van der Waals surface area contributed by atoms with Crippen molar-refractivity contribution in [2.45, 2.75) is 87.1 Å². The summed E-state index contributed by atoms with van der Waals surface area (Å²) in [5.74, 6) is -1.64. The van der Waals surface area contributed by atoms with Crippen LogP contribution in [0.1, 0.15) is 19.8 Å². The molecule has 656 valence electrons. The molecule has 8 aromatic heterocycles. The number of anilines is 8. The highest BCUT2D eigenvalue weighted by Gasteiger charge is 2.43. The van der Waals surface area contributed by atoms with Crippen molar-refractivity contribution in [2.75, 3.05) is 95.0 Å². The number of aliphatic hydroxyl groups is 6. The molecule has 2 fully saturated rings. The molecule has 2 aliphatic carbocycles. The van der Waals surface area contributed by atoms with E-state index in [2.05, 4.69) is 96.0 Å². The van der Waals surface area contributed by atoms with Crippen molar-refractivity contribution in [1.29, 1.82) is 0 Å². The van der Waals surface area contributed by atoms with Crippen LogP contribution in [-0.4, -0.2) is 225 Å². The molecule has 2 aliphatic rings. The highest BCUT2D eigenvalue weighted by molar-refractivity contribution is 14.1. The molecular formula is C59H53Cl13F15I2N23O6S. The number of hydrogen-bond donors (Lipinski definition) is 14. The maximum Gasteiger partial charge on any atom is 0.405 e. The van der Waals surface area contributed by atoms with E-state index in [1.807, 2.05) is 69.0 Å². The van der Waals surface area contributed by atoms with Gasteiger partial charge in [-0.1, -0.05) is 140 Å². The van der Waals surface area contributed by atoms with Crippen molar-refractivity contribution in [3.63, 3.8) is 0 Å². The van der Waals surface area contributed by atoms with Gasteiger partial charge in [0.2, 0.25) is 40.3 Å². The molecule has 0 radical (unpaired) electrons. The maximum atomic E-state index is 12.6.